The Labute approximate surface area is 217 Å². The molecule has 0 aliphatic carbocycles. The Kier molecular flexibility index (Phi) is 7.49. The smallest absolute Gasteiger partial charge is 0.352 e. The van der Waals surface area contributed by atoms with E-state index >= 15 is 0 Å². The van der Waals surface area contributed by atoms with Crippen LogP contribution >= 0.6 is 23.3 Å². The number of aromatic nitrogens is 3. The Morgan fingerprint density at radius 3 is 2.86 bits per heavy atom. The van der Waals surface area contributed by atoms with Crippen molar-refractivity contribution in [3.63, 3.8) is 0 Å². The van der Waals surface area contributed by atoms with Crippen LogP contribution in [0.3, 0.4) is 0 Å². The van der Waals surface area contributed by atoms with Crippen LogP contribution in [0.25, 0.3) is 0 Å². The summed E-state index contributed by atoms with van der Waals surface area (Å²) in [6.45, 7) is 0.342. The molecule has 4 heterocycles. The maximum Gasteiger partial charge on any atom is 0.352 e. The minimum Gasteiger partial charge on any atom is -0.477 e. The summed E-state index contributed by atoms with van der Waals surface area (Å²) >= 11 is 2.17. The van der Waals surface area contributed by atoms with Gasteiger partial charge in [-0.2, -0.15) is 9.36 Å². The number of rotatable bonds is 9. The molecule has 0 aromatic carbocycles. The highest BCUT2D eigenvalue weighted by Crippen LogP contribution is 2.40. The molecular weight excluding hydrogens is 524 g/mol. The molecule has 14 nitrogen and oxygen atoms in total. The number of nitrogens with two attached hydrogens (primary N) is 2. The van der Waals surface area contributed by atoms with Crippen molar-refractivity contribution < 1.29 is 33.7 Å². The van der Waals surface area contributed by atoms with Gasteiger partial charge in [-0.25, -0.2) is 9.36 Å². The molecule has 3 amide bonds. The van der Waals surface area contributed by atoms with Crippen LogP contribution < -0.4 is 21.4 Å². The zero-order valence-electron chi connectivity index (χ0n) is 19.2. The first-order valence-electron chi connectivity index (χ1n) is 10.6. The Hall–Kier alpha value is -4.31. The number of nitrogens with zero attached hydrogens (tertiary/aromatic N) is 5. The van der Waals surface area contributed by atoms with E-state index in [1.54, 1.807) is 41.2 Å². The number of primary amides is 1. The van der Waals surface area contributed by atoms with Gasteiger partial charge < -0.3 is 26.7 Å². The number of allylic oxidation sites excluding steroid dienone is 2. The van der Waals surface area contributed by atoms with Crippen molar-refractivity contribution in [2.75, 3.05) is 18.6 Å². The summed E-state index contributed by atoms with van der Waals surface area (Å²) in [6.07, 6.45) is 6.65. The number of pyridine rings is 1. The van der Waals surface area contributed by atoms with Crippen LogP contribution in [0.5, 0.6) is 0 Å². The average Bonchev–Trinajstić information content (AvgIpc) is 3.30. The molecule has 16 heteroatoms. The van der Waals surface area contributed by atoms with E-state index in [9.17, 15) is 24.3 Å². The number of carboxylic acid groups (broad SMARTS) is 1. The number of thioether (sulfide) groups is 1. The van der Waals surface area contributed by atoms with Gasteiger partial charge in [0.15, 0.2) is 24.1 Å². The molecule has 0 bridgehead atoms. The number of hydrogen-bond acceptors (Lipinski definition) is 11. The fraction of sp³-hybridized carbons (Fsp3) is 0.238. The highest BCUT2D eigenvalue weighted by Gasteiger charge is 2.54. The number of amides is 3. The number of carboxylic acids is 1. The summed E-state index contributed by atoms with van der Waals surface area (Å²) in [5, 5.41) is 15.5. The first kappa shape index (κ1) is 25.8. The second kappa shape index (κ2) is 10.8. The van der Waals surface area contributed by atoms with Gasteiger partial charge in [0, 0.05) is 23.4 Å². The van der Waals surface area contributed by atoms with E-state index in [1.165, 1.54) is 18.9 Å². The SMILES string of the molecule is CO/N=C(\C(=O)NC1C(=O)N2C(C(=O)O)=C(/C=C/C[n+]3cccc(C(N)=O)c3)CS[C@H]12)c1nsc(N)n1. The Morgan fingerprint density at radius 1 is 1.43 bits per heavy atom. The summed E-state index contributed by atoms with van der Waals surface area (Å²) < 4.78 is 5.64. The number of aliphatic carboxylic acids is 1. The fourth-order valence-corrected chi connectivity index (χ4v) is 5.44. The second-order valence-electron chi connectivity index (χ2n) is 7.67. The summed E-state index contributed by atoms with van der Waals surface area (Å²) in [4.78, 5) is 58.9. The molecule has 1 saturated heterocycles. The van der Waals surface area contributed by atoms with Crippen molar-refractivity contribution in [1.82, 2.24) is 19.6 Å². The largest absolute Gasteiger partial charge is 0.477 e. The minimum atomic E-state index is -1.27. The van der Waals surface area contributed by atoms with E-state index in [4.69, 9.17) is 16.3 Å². The van der Waals surface area contributed by atoms with Gasteiger partial charge in [0.25, 0.3) is 17.7 Å². The molecule has 1 fully saturated rings. The first-order chi connectivity index (χ1) is 17.7. The molecule has 2 aliphatic heterocycles. The van der Waals surface area contributed by atoms with Crippen molar-refractivity contribution in [3.8, 4) is 0 Å². The van der Waals surface area contributed by atoms with Gasteiger partial charge in [0.2, 0.25) is 11.5 Å². The zero-order valence-corrected chi connectivity index (χ0v) is 20.9. The highest BCUT2D eigenvalue weighted by atomic mass is 32.2. The molecule has 0 radical (unpaired) electrons. The number of hydrogen-bond donors (Lipinski definition) is 4. The Bertz CT molecular complexity index is 1370. The van der Waals surface area contributed by atoms with Gasteiger partial charge in [-0.1, -0.05) is 11.2 Å². The Morgan fingerprint density at radius 2 is 2.22 bits per heavy atom. The molecule has 4 rings (SSSR count). The lowest BCUT2D eigenvalue weighted by atomic mass is 10.0. The van der Waals surface area contributed by atoms with Crippen molar-refractivity contribution in [2.24, 2.45) is 10.9 Å². The quantitative estimate of drug-likeness (QED) is 0.129. The molecule has 37 heavy (non-hydrogen) atoms. The minimum absolute atomic E-state index is 0.0560. The van der Waals surface area contributed by atoms with Crippen LogP contribution in [-0.2, 0) is 25.8 Å². The van der Waals surface area contributed by atoms with Gasteiger partial charge >= 0.3 is 5.97 Å². The van der Waals surface area contributed by atoms with Crippen LogP contribution in [0.4, 0.5) is 5.13 Å². The number of β-lactam (4-membered cyclic amide) rings is 1. The second-order valence-corrected chi connectivity index (χ2v) is 9.56. The third kappa shape index (κ3) is 5.29. The predicted octanol–water partition coefficient (Wildman–Crippen LogP) is -1.15. The number of anilines is 1. The predicted molar refractivity (Wildman–Crippen MR) is 132 cm³/mol. The van der Waals surface area contributed by atoms with Crippen LogP contribution in [0, 0.1) is 0 Å². The third-order valence-corrected chi connectivity index (χ3v) is 7.16. The lowest BCUT2D eigenvalue weighted by molar-refractivity contribution is -0.687. The molecule has 1 unspecified atom stereocenters. The lowest BCUT2D eigenvalue weighted by Crippen LogP contribution is -2.71. The molecule has 2 atom stereocenters. The normalized spacial score (nSPS) is 19.4. The summed E-state index contributed by atoms with van der Waals surface area (Å²) in [5.41, 5.74) is 11.2. The van der Waals surface area contributed by atoms with Crippen LogP contribution in [0.15, 0.2) is 53.1 Å². The fourth-order valence-electron chi connectivity index (χ4n) is 3.69. The van der Waals surface area contributed by atoms with E-state index in [-0.39, 0.29) is 28.1 Å². The van der Waals surface area contributed by atoms with Crippen molar-refractivity contribution >= 4 is 57.8 Å². The molecule has 2 aromatic rings. The standard InChI is InChI=1S/C21H20N8O6S2/c1-35-26-12(16-25-21(23)37-27-16)17(31)24-13-18(32)29-14(20(33)34)11(9-36-19(13)29)5-3-7-28-6-2-4-10(8-28)15(22)30/h2-6,8,13,19H,7,9H2,1H3,(H5-,22,23,24,25,27,30,31,33,34)/p+1/b5-3+,26-12-/t13?,19-/m1/s1. The number of carbonyl (C=O) groups is 4. The number of nitrogen functional groups attached to an aromatic ring is 1. The summed E-state index contributed by atoms with van der Waals surface area (Å²) in [5.74, 6) is -2.95. The maximum atomic E-state index is 12.9. The van der Waals surface area contributed by atoms with Gasteiger partial charge in [-0.15, -0.1) is 11.8 Å². The van der Waals surface area contributed by atoms with Crippen LogP contribution in [0.1, 0.15) is 16.2 Å². The molecule has 0 spiro atoms. The van der Waals surface area contributed by atoms with Crippen LogP contribution in [0.2, 0.25) is 0 Å². The lowest BCUT2D eigenvalue weighted by Gasteiger charge is -2.49. The van der Waals surface area contributed by atoms with E-state index < -0.39 is 35.1 Å². The number of nitrogens with one attached hydrogen (secondary N) is 1. The van der Waals surface area contributed by atoms with Crippen molar-refractivity contribution in [1.29, 1.82) is 0 Å². The molecule has 0 saturated carbocycles. The van der Waals surface area contributed by atoms with Crippen LogP contribution in [-0.4, -0.2) is 73.0 Å². The van der Waals surface area contributed by atoms with E-state index in [0.717, 1.165) is 16.4 Å². The molecule has 2 aliphatic rings. The number of fused-ring (bicyclic) bond motifs is 1. The number of oxime groups is 1. The van der Waals surface area contributed by atoms with Gasteiger partial charge in [0.05, 0.1) is 0 Å². The maximum absolute atomic E-state index is 12.9. The first-order valence-corrected chi connectivity index (χ1v) is 12.4. The van der Waals surface area contributed by atoms with Gasteiger partial charge in [-0.05, 0) is 17.7 Å². The van der Waals surface area contributed by atoms with E-state index in [0.29, 0.717) is 17.7 Å². The average molecular weight is 546 g/mol. The topological polar surface area (TPSA) is 207 Å². The summed E-state index contributed by atoms with van der Waals surface area (Å²) in [7, 11) is 1.24. The van der Waals surface area contributed by atoms with Crippen molar-refractivity contribution in [3.05, 3.63) is 59.3 Å². The Balaban J connectivity index is 1.49. The number of carbonyl (C=O) groups excluding carboxylic acids is 3. The third-order valence-electron chi connectivity index (χ3n) is 5.32. The van der Waals surface area contributed by atoms with Gasteiger partial charge in [-0.3, -0.25) is 19.3 Å². The summed E-state index contributed by atoms with van der Waals surface area (Å²) in [6, 6.07) is 2.28. The molecule has 2 aromatic heterocycles. The van der Waals surface area contributed by atoms with Gasteiger partial charge in [0.1, 0.15) is 29.8 Å². The van der Waals surface area contributed by atoms with Crippen molar-refractivity contribution in [2.45, 2.75) is 18.0 Å². The van der Waals surface area contributed by atoms with E-state index in [2.05, 4.69) is 19.8 Å². The highest BCUT2D eigenvalue weighted by molar-refractivity contribution is 8.00. The molecule has 6 N–H and O–H groups in total. The molecule has 192 valence electrons. The zero-order chi connectivity index (χ0) is 26.7. The molecular formula is C21H21N8O6S2+. The monoisotopic (exact) mass is 545 g/mol. The van der Waals surface area contributed by atoms with E-state index in [1.807, 2.05) is 0 Å².